The van der Waals surface area contributed by atoms with Crippen molar-refractivity contribution in [2.75, 3.05) is 40.4 Å². The Morgan fingerprint density at radius 3 is 2.89 bits per heavy atom. The molecule has 1 aromatic heterocycles. The highest BCUT2D eigenvalue weighted by Gasteiger charge is 2.34. The topological polar surface area (TPSA) is 37.7 Å². The summed E-state index contributed by atoms with van der Waals surface area (Å²) in [6.07, 6.45) is 8.56. The predicted octanol–water partition coefficient (Wildman–Crippen LogP) is 3.62. The second kappa shape index (κ2) is 8.66. The van der Waals surface area contributed by atoms with Crippen molar-refractivity contribution >= 4 is 16.8 Å². The number of fused-ring (bicyclic) bond motifs is 2. The number of rotatable bonds is 6. The second-order valence-corrected chi connectivity index (χ2v) is 8.46. The maximum Gasteiger partial charge on any atom is 0.253 e. The lowest BCUT2D eigenvalue weighted by Crippen LogP contribution is -2.51. The number of carbonyl (C=O) groups excluding carboxylic acids is 1. The van der Waals surface area contributed by atoms with E-state index in [2.05, 4.69) is 27.8 Å². The lowest BCUT2D eigenvalue weighted by molar-refractivity contribution is 0.0403. The molecule has 5 nitrogen and oxygen atoms in total. The van der Waals surface area contributed by atoms with Crippen LogP contribution in [0, 0.1) is 5.92 Å². The van der Waals surface area contributed by atoms with Gasteiger partial charge in [-0.3, -0.25) is 4.79 Å². The molecule has 4 rings (SSSR count). The van der Waals surface area contributed by atoms with Crippen LogP contribution in [-0.4, -0.2) is 66.7 Å². The highest BCUT2D eigenvalue weighted by atomic mass is 16.5. The van der Waals surface area contributed by atoms with Gasteiger partial charge in [-0.25, -0.2) is 0 Å². The van der Waals surface area contributed by atoms with Crippen LogP contribution in [0.25, 0.3) is 10.9 Å². The summed E-state index contributed by atoms with van der Waals surface area (Å²) in [7, 11) is 3.69. The van der Waals surface area contributed by atoms with E-state index in [0.29, 0.717) is 18.6 Å². The van der Waals surface area contributed by atoms with Crippen molar-refractivity contribution in [2.45, 2.75) is 44.7 Å². The van der Waals surface area contributed by atoms with Crippen molar-refractivity contribution in [3.8, 4) is 0 Å². The van der Waals surface area contributed by atoms with E-state index in [4.69, 9.17) is 4.74 Å². The van der Waals surface area contributed by atoms with Gasteiger partial charge in [0.15, 0.2) is 0 Å². The molecule has 152 valence electrons. The molecule has 0 radical (unpaired) electrons. The Bertz CT molecular complexity index is 813. The molecule has 0 N–H and O–H groups in total. The molecule has 3 heterocycles. The Kier molecular flexibility index (Phi) is 6.02. The fourth-order valence-corrected chi connectivity index (χ4v) is 5.16. The standard InChI is InChI=1S/C23H33N3O2/c1-24(17-20-6-5-12-25-11-4-3-7-21(20)25)23(27)19-8-9-22-18(16-19)10-13-26(22)14-15-28-2/h8-10,13,16,20-21H,3-7,11-12,14-15,17H2,1-2H3/t20-,21+/m0/s1. The van der Waals surface area contributed by atoms with Crippen LogP contribution in [0.15, 0.2) is 30.5 Å². The lowest BCUT2D eigenvalue weighted by Gasteiger charge is -2.45. The van der Waals surface area contributed by atoms with Gasteiger partial charge in [0.05, 0.1) is 6.61 Å². The van der Waals surface area contributed by atoms with Gasteiger partial charge < -0.3 is 19.1 Å². The van der Waals surface area contributed by atoms with E-state index in [1.807, 2.05) is 24.1 Å². The second-order valence-electron chi connectivity index (χ2n) is 8.46. The number of amides is 1. The first-order valence-electron chi connectivity index (χ1n) is 10.7. The van der Waals surface area contributed by atoms with E-state index in [9.17, 15) is 4.79 Å². The molecule has 2 fully saturated rings. The number of methoxy groups -OCH3 is 1. The molecular weight excluding hydrogens is 350 g/mol. The Morgan fingerprint density at radius 2 is 2.04 bits per heavy atom. The summed E-state index contributed by atoms with van der Waals surface area (Å²) in [6.45, 7) is 4.87. The van der Waals surface area contributed by atoms with Gasteiger partial charge in [0.1, 0.15) is 0 Å². The first-order chi connectivity index (χ1) is 13.7. The molecule has 0 saturated carbocycles. The Balaban J connectivity index is 1.44. The van der Waals surface area contributed by atoms with Gasteiger partial charge in [-0.15, -0.1) is 0 Å². The fraction of sp³-hybridized carbons (Fsp3) is 0.609. The van der Waals surface area contributed by atoms with Crippen molar-refractivity contribution < 1.29 is 9.53 Å². The summed E-state index contributed by atoms with van der Waals surface area (Å²) in [6, 6.07) is 8.83. The zero-order valence-electron chi connectivity index (χ0n) is 17.3. The highest BCUT2D eigenvalue weighted by Crippen LogP contribution is 2.31. The van der Waals surface area contributed by atoms with E-state index in [-0.39, 0.29) is 5.91 Å². The van der Waals surface area contributed by atoms with Gasteiger partial charge in [-0.2, -0.15) is 0 Å². The van der Waals surface area contributed by atoms with E-state index >= 15 is 0 Å². The minimum atomic E-state index is 0.138. The number of benzene rings is 1. The first-order valence-corrected chi connectivity index (χ1v) is 10.7. The third kappa shape index (κ3) is 3.96. The van der Waals surface area contributed by atoms with Crippen LogP contribution in [0.1, 0.15) is 42.5 Å². The fourth-order valence-electron chi connectivity index (χ4n) is 5.16. The maximum absolute atomic E-state index is 13.1. The molecule has 2 aliphatic heterocycles. The lowest BCUT2D eigenvalue weighted by atomic mass is 9.83. The number of carbonyl (C=O) groups is 1. The molecule has 0 spiro atoms. The molecule has 0 unspecified atom stereocenters. The smallest absolute Gasteiger partial charge is 0.253 e. The van der Waals surface area contributed by atoms with Gasteiger partial charge in [-0.05, 0) is 69.0 Å². The van der Waals surface area contributed by atoms with Crippen LogP contribution in [0.5, 0.6) is 0 Å². The molecule has 5 heteroatoms. The minimum Gasteiger partial charge on any atom is -0.383 e. The average molecular weight is 384 g/mol. The molecule has 2 saturated heterocycles. The van der Waals surface area contributed by atoms with Crippen LogP contribution in [-0.2, 0) is 11.3 Å². The van der Waals surface area contributed by atoms with Crippen LogP contribution in [0.2, 0.25) is 0 Å². The van der Waals surface area contributed by atoms with Crippen LogP contribution in [0.3, 0.4) is 0 Å². The number of piperidine rings is 2. The molecule has 0 aliphatic carbocycles. The molecule has 0 bridgehead atoms. The number of hydrogen-bond acceptors (Lipinski definition) is 3. The highest BCUT2D eigenvalue weighted by molar-refractivity contribution is 5.98. The van der Waals surface area contributed by atoms with Gasteiger partial charge in [-0.1, -0.05) is 6.42 Å². The number of hydrogen-bond donors (Lipinski definition) is 0. The van der Waals surface area contributed by atoms with Crippen molar-refractivity contribution in [2.24, 2.45) is 5.92 Å². The quantitative estimate of drug-likeness (QED) is 0.765. The Morgan fingerprint density at radius 1 is 1.18 bits per heavy atom. The average Bonchev–Trinajstić information content (AvgIpc) is 3.14. The van der Waals surface area contributed by atoms with Gasteiger partial charge in [0.25, 0.3) is 5.91 Å². The van der Waals surface area contributed by atoms with Crippen molar-refractivity contribution in [3.05, 3.63) is 36.0 Å². The van der Waals surface area contributed by atoms with E-state index in [0.717, 1.165) is 29.6 Å². The molecule has 1 aromatic carbocycles. The van der Waals surface area contributed by atoms with E-state index in [1.165, 1.54) is 45.2 Å². The van der Waals surface area contributed by atoms with Gasteiger partial charge in [0, 0.05) is 56.0 Å². The maximum atomic E-state index is 13.1. The summed E-state index contributed by atoms with van der Waals surface area (Å²) < 4.78 is 7.36. The predicted molar refractivity (Wildman–Crippen MR) is 113 cm³/mol. The molecule has 2 atom stereocenters. The third-order valence-corrected chi connectivity index (χ3v) is 6.64. The summed E-state index contributed by atoms with van der Waals surface area (Å²) >= 11 is 0. The molecule has 2 aromatic rings. The normalized spacial score (nSPS) is 22.9. The first kappa shape index (κ1) is 19.5. The largest absolute Gasteiger partial charge is 0.383 e. The molecule has 28 heavy (non-hydrogen) atoms. The zero-order chi connectivity index (χ0) is 19.5. The van der Waals surface area contributed by atoms with Crippen molar-refractivity contribution in [1.82, 2.24) is 14.4 Å². The van der Waals surface area contributed by atoms with Crippen LogP contribution in [0.4, 0.5) is 0 Å². The van der Waals surface area contributed by atoms with Crippen LogP contribution >= 0.6 is 0 Å². The number of ether oxygens (including phenoxy) is 1. The number of nitrogens with zero attached hydrogens (tertiary/aromatic N) is 3. The minimum absolute atomic E-state index is 0.138. The SMILES string of the molecule is COCCn1ccc2cc(C(=O)N(C)C[C@@H]3CCCN4CCCC[C@H]34)ccc21. The molecule has 2 aliphatic rings. The summed E-state index contributed by atoms with van der Waals surface area (Å²) in [4.78, 5) is 17.7. The summed E-state index contributed by atoms with van der Waals surface area (Å²) in [5.41, 5.74) is 1.94. The van der Waals surface area contributed by atoms with Crippen LogP contribution < -0.4 is 0 Å². The van der Waals surface area contributed by atoms with Crippen molar-refractivity contribution in [1.29, 1.82) is 0 Å². The molecule has 1 amide bonds. The Hall–Kier alpha value is -1.85. The zero-order valence-corrected chi connectivity index (χ0v) is 17.3. The van der Waals surface area contributed by atoms with Gasteiger partial charge in [0.2, 0.25) is 0 Å². The van der Waals surface area contributed by atoms with Crippen molar-refractivity contribution in [3.63, 3.8) is 0 Å². The Labute approximate surface area is 168 Å². The number of aromatic nitrogens is 1. The summed E-state index contributed by atoms with van der Waals surface area (Å²) in [5.74, 6) is 0.751. The summed E-state index contributed by atoms with van der Waals surface area (Å²) in [5, 5.41) is 1.12. The monoisotopic (exact) mass is 383 g/mol. The van der Waals surface area contributed by atoms with Gasteiger partial charge >= 0.3 is 0 Å². The third-order valence-electron chi connectivity index (χ3n) is 6.64. The van der Waals surface area contributed by atoms with E-state index in [1.54, 1.807) is 7.11 Å². The molecular formula is C23H33N3O2. The van der Waals surface area contributed by atoms with E-state index < -0.39 is 0 Å².